The highest BCUT2D eigenvalue weighted by atomic mass is 16.4. The number of hydrogen-bond donors (Lipinski definition) is 0. The molecule has 4 heteroatoms. The maximum Gasteiger partial charge on any atom is 0.154 e. The molecule has 3 rings (SSSR count). The fourth-order valence-corrected chi connectivity index (χ4v) is 3.96. The maximum atomic E-state index is 11.5. The van der Waals surface area contributed by atoms with Crippen molar-refractivity contribution in [1.29, 1.82) is 0 Å². The summed E-state index contributed by atoms with van der Waals surface area (Å²) < 4.78 is 0.607. The molecular weight excluding hydrogens is 264 g/mol. The van der Waals surface area contributed by atoms with Crippen LogP contribution in [0.4, 0.5) is 5.69 Å². The van der Waals surface area contributed by atoms with Crippen molar-refractivity contribution in [1.82, 2.24) is 9.38 Å². The Kier molecular flexibility index (Phi) is 3.59. The van der Waals surface area contributed by atoms with Crippen LogP contribution in [-0.2, 0) is 4.79 Å². The number of aliphatic carboxylic acids is 1. The molecule has 2 heterocycles. The monoisotopic (exact) mass is 286 g/mol. The van der Waals surface area contributed by atoms with E-state index in [9.17, 15) is 9.90 Å². The Labute approximate surface area is 125 Å². The average Bonchev–Trinajstić information content (AvgIpc) is 2.84. The number of benzene rings is 1. The number of para-hydroxylation sites is 1. The second-order valence-corrected chi connectivity index (χ2v) is 6.05. The number of nitrogens with zero attached hydrogens (tertiary/aromatic N) is 2. The van der Waals surface area contributed by atoms with Crippen LogP contribution in [0.3, 0.4) is 0 Å². The molecule has 2 aliphatic heterocycles. The number of carbonyl (C=O) groups is 1. The molecule has 4 nitrogen and oxygen atoms in total. The van der Waals surface area contributed by atoms with Crippen molar-refractivity contribution in [2.75, 3.05) is 20.1 Å². The first-order valence-corrected chi connectivity index (χ1v) is 7.72. The highest BCUT2D eigenvalue weighted by Gasteiger charge is 2.46. The van der Waals surface area contributed by atoms with Crippen molar-refractivity contribution in [3.63, 3.8) is 0 Å². The first kappa shape index (κ1) is 14.3. The molecule has 1 aromatic rings. The molecule has 0 saturated carbocycles. The van der Waals surface area contributed by atoms with Crippen LogP contribution in [0.25, 0.3) is 5.57 Å². The molecule has 0 aliphatic carbocycles. The minimum Gasteiger partial charge on any atom is -0.545 e. The van der Waals surface area contributed by atoms with E-state index in [0.717, 1.165) is 30.8 Å². The molecule has 0 amide bonds. The number of carboxylic acid groups (broad SMARTS) is 1. The third-order valence-electron chi connectivity index (χ3n) is 5.01. The standard InChI is InChI=1S/C17H22N2O2/c1-3-19(16-10-6-7-11-18(16)2)12-14(17(20)21)13-8-4-5-9-15(13)19/h4-5,8-9,12,16H,3,6-7,10-11H2,1-2H3/t16-,19-/m0/s1. The number of fused-ring (bicyclic) bond motifs is 1. The second kappa shape index (κ2) is 5.28. The zero-order valence-electron chi connectivity index (χ0n) is 12.7. The molecule has 2 atom stereocenters. The van der Waals surface area contributed by atoms with E-state index in [1.165, 1.54) is 12.8 Å². The normalized spacial score (nSPS) is 29.0. The van der Waals surface area contributed by atoms with Crippen LogP contribution in [0, 0.1) is 0 Å². The van der Waals surface area contributed by atoms with Gasteiger partial charge in [0, 0.05) is 19.0 Å². The van der Waals surface area contributed by atoms with Gasteiger partial charge in [0.1, 0.15) is 11.9 Å². The van der Waals surface area contributed by atoms with E-state index < -0.39 is 5.97 Å². The summed E-state index contributed by atoms with van der Waals surface area (Å²) in [5.74, 6) is -1.07. The Bertz CT molecular complexity index is 596. The SMILES string of the molecule is CC[N@+]1([C@H]2CCCCN2C)C=C(C(=O)[O-])c2ccccc21. The minimum atomic E-state index is -1.07. The van der Waals surface area contributed by atoms with E-state index >= 15 is 0 Å². The average molecular weight is 286 g/mol. The van der Waals surface area contributed by atoms with E-state index in [0.29, 0.717) is 16.2 Å². The topological polar surface area (TPSA) is 43.4 Å². The van der Waals surface area contributed by atoms with Crippen LogP contribution in [-0.4, -0.2) is 37.2 Å². The number of likely N-dealkylation sites (tertiary alicyclic amines) is 1. The molecule has 0 aromatic heterocycles. The summed E-state index contributed by atoms with van der Waals surface area (Å²) in [6, 6.07) is 7.86. The van der Waals surface area contributed by atoms with E-state index in [2.05, 4.69) is 24.9 Å². The minimum absolute atomic E-state index is 0.307. The van der Waals surface area contributed by atoms with Crippen molar-refractivity contribution in [3.8, 4) is 0 Å². The van der Waals surface area contributed by atoms with Gasteiger partial charge in [-0.2, -0.15) is 0 Å². The molecule has 1 fully saturated rings. The molecule has 0 radical (unpaired) electrons. The first-order valence-electron chi connectivity index (χ1n) is 7.72. The van der Waals surface area contributed by atoms with E-state index in [4.69, 9.17) is 0 Å². The van der Waals surface area contributed by atoms with Gasteiger partial charge in [-0.15, -0.1) is 0 Å². The molecule has 0 unspecified atom stereocenters. The zero-order valence-corrected chi connectivity index (χ0v) is 12.7. The Hall–Kier alpha value is -1.65. The molecule has 0 bridgehead atoms. The predicted molar refractivity (Wildman–Crippen MR) is 82.0 cm³/mol. The summed E-state index contributed by atoms with van der Waals surface area (Å²) >= 11 is 0. The van der Waals surface area contributed by atoms with Gasteiger partial charge in [0.15, 0.2) is 6.17 Å². The second-order valence-electron chi connectivity index (χ2n) is 6.05. The van der Waals surface area contributed by atoms with Crippen LogP contribution in [0.5, 0.6) is 0 Å². The maximum absolute atomic E-state index is 11.5. The van der Waals surface area contributed by atoms with E-state index in [-0.39, 0.29) is 0 Å². The lowest BCUT2D eigenvalue weighted by atomic mass is 10.0. The van der Waals surface area contributed by atoms with Crippen LogP contribution in [0.15, 0.2) is 30.5 Å². The number of carboxylic acids is 1. The molecule has 1 saturated heterocycles. The molecule has 2 aliphatic rings. The van der Waals surface area contributed by atoms with Gasteiger partial charge >= 0.3 is 0 Å². The number of rotatable bonds is 3. The fraction of sp³-hybridized carbons (Fsp3) is 0.471. The lowest BCUT2D eigenvalue weighted by Crippen LogP contribution is -2.60. The van der Waals surface area contributed by atoms with Crippen molar-refractivity contribution >= 4 is 17.2 Å². The van der Waals surface area contributed by atoms with Crippen LogP contribution < -0.4 is 9.59 Å². The Morgan fingerprint density at radius 3 is 2.81 bits per heavy atom. The highest BCUT2D eigenvalue weighted by Crippen LogP contribution is 2.44. The summed E-state index contributed by atoms with van der Waals surface area (Å²) in [6.07, 6.45) is 5.73. The van der Waals surface area contributed by atoms with Gasteiger partial charge in [-0.05, 0) is 32.9 Å². The molecule has 1 aromatic carbocycles. The third-order valence-corrected chi connectivity index (χ3v) is 5.01. The van der Waals surface area contributed by atoms with Crippen molar-refractivity contribution < 1.29 is 9.90 Å². The van der Waals surface area contributed by atoms with Crippen molar-refractivity contribution in [3.05, 3.63) is 36.0 Å². The summed E-state index contributed by atoms with van der Waals surface area (Å²) in [5.41, 5.74) is 2.25. The first-order chi connectivity index (χ1) is 10.1. The fourth-order valence-electron chi connectivity index (χ4n) is 3.96. The highest BCUT2D eigenvalue weighted by molar-refractivity contribution is 6.18. The van der Waals surface area contributed by atoms with Gasteiger partial charge in [-0.1, -0.05) is 12.1 Å². The Morgan fingerprint density at radius 1 is 1.38 bits per heavy atom. The van der Waals surface area contributed by atoms with Crippen LogP contribution >= 0.6 is 0 Å². The van der Waals surface area contributed by atoms with Gasteiger partial charge in [0.25, 0.3) is 0 Å². The van der Waals surface area contributed by atoms with Crippen molar-refractivity contribution in [2.24, 2.45) is 0 Å². The summed E-state index contributed by atoms with van der Waals surface area (Å²) in [6.45, 7) is 4.05. The lowest BCUT2D eigenvalue weighted by Gasteiger charge is -2.45. The Balaban J connectivity index is 2.15. The molecule has 0 N–H and O–H groups in total. The molecule has 21 heavy (non-hydrogen) atoms. The Morgan fingerprint density at radius 2 is 2.14 bits per heavy atom. The van der Waals surface area contributed by atoms with Gasteiger partial charge in [-0.25, -0.2) is 4.48 Å². The number of quaternary nitrogens is 1. The molecule has 112 valence electrons. The van der Waals surface area contributed by atoms with E-state index in [1.54, 1.807) is 0 Å². The van der Waals surface area contributed by atoms with Crippen LogP contribution in [0.1, 0.15) is 31.7 Å². The number of piperidine rings is 1. The van der Waals surface area contributed by atoms with Crippen molar-refractivity contribution in [2.45, 2.75) is 32.4 Å². The zero-order chi connectivity index (χ0) is 15.0. The van der Waals surface area contributed by atoms with E-state index in [1.807, 2.05) is 24.4 Å². The number of carbonyl (C=O) groups excluding carboxylic acids is 1. The largest absolute Gasteiger partial charge is 0.545 e. The predicted octanol–water partition coefficient (Wildman–Crippen LogP) is 1.56. The van der Waals surface area contributed by atoms with Crippen LogP contribution in [0.2, 0.25) is 0 Å². The van der Waals surface area contributed by atoms with Gasteiger partial charge < -0.3 is 9.90 Å². The van der Waals surface area contributed by atoms with Gasteiger partial charge in [0.2, 0.25) is 0 Å². The van der Waals surface area contributed by atoms with Gasteiger partial charge in [-0.3, -0.25) is 4.90 Å². The molecular formula is C17H22N2O2. The lowest BCUT2D eigenvalue weighted by molar-refractivity contribution is -0.295. The van der Waals surface area contributed by atoms with Gasteiger partial charge in [0.05, 0.1) is 23.7 Å². The number of hydrogen-bond acceptors (Lipinski definition) is 3. The molecule has 0 spiro atoms. The smallest absolute Gasteiger partial charge is 0.154 e. The quantitative estimate of drug-likeness (QED) is 0.792. The summed E-state index contributed by atoms with van der Waals surface area (Å²) in [5, 5.41) is 11.5. The third kappa shape index (κ3) is 2.10. The summed E-state index contributed by atoms with van der Waals surface area (Å²) in [4.78, 5) is 13.9. The summed E-state index contributed by atoms with van der Waals surface area (Å²) in [7, 11) is 2.15.